The van der Waals surface area contributed by atoms with Crippen molar-refractivity contribution >= 4 is 11.7 Å². The van der Waals surface area contributed by atoms with Gasteiger partial charge in [-0.15, -0.1) is 0 Å². The van der Waals surface area contributed by atoms with E-state index >= 15 is 0 Å². The molecular weight excluding hydrogens is 302 g/mol. The Morgan fingerprint density at radius 2 is 1.71 bits per heavy atom. The molecule has 0 saturated heterocycles. The Morgan fingerprint density at radius 3 is 2.33 bits per heavy atom. The number of para-hydroxylation sites is 3. The molecule has 0 aliphatic heterocycles. The maximum atomic E-state index is 11.6. The summed E-state index contributed by atoms with van der Waals surface area (Å²) in [7, 11) is 0. The van der Waals surface area contributed by atoms with Gasteiger partial charge in [-0.05, 0) is 42.5 Å². The molecule has 0 heterocycles. The van der Waals surface area contributed by atoms with Crippen LogP contribution < -0.4 is 10.1 Å². The van der Waals surface area contributed by atoms with Crippen molar-refractivity contribution in [3.8, 4) is 11.5 Å². The average Bonchev–Trinajstić information content (AvgIpc) is 2.52. The van der Waals surface area contributed by atoms with E-state index in [-0.39, 0.29) is 5.41 Å². The molecule has 0 fully saturated rings. The fourth-order valence-electron chi connectivity index (χ4n) is 2.31. The van der Waals surface area contributed by atoms with Gasteiger partial charge in [0.1, 0.15) is 11.8 Å². The third kappa shape index (κ3) is 5.61. The molecule has 2 rings (SSSR count). The standard InChI is InChI=1S/C20H25NO3/c1-20(2,3)14-13-17(19(22)23)21-16-11-7-8-12-18(16)24-15-9-5-4-6-10-15/h4-12,17,21H,13-14H2,1-3H3,(H,22,23)/t17-/m0/s1. The highest BCUT2D eigenvalue weighted by atomic mass is 16.5. The van der Waals surface area contributed by atoms with E-state index in [1.165, 1.54) is 0 Å². The van der Waals surface area contributed by atoms with E-state index in [0.717, 1.165) is 6.42 Å². The van der Waals surface area contributed by atoms with Crippen LogP contribution in [-0.2, 0) is 4.79 Å². The number of carbonyl (C=O) groups is 1. The second-order valence-corrected chi connectivity index (χ2v) is 7.05. The fraction of sp³-hybridized carbons (Fsp3) is 0.350. The number of benzene rings is 2. The van der Waals surface area contributed by atoms with Gasteiger partial charge in [-0.3, -0.25) is 0 Å². The molecule has 4 heteroatoms. The predicted molar refractivity (Wildman–Crippen MR) is 96.7 cm³/mol. The maximum Gasteiger partial charge on any atom is 0.326 e. The summed E-state index contributed by atoms with van der Waals surface area (Å²) in [5, 5.41) is 12.6. The summed E-state index contributed by atoms with van der Waals surface area (Å²) < 4.78 is 5.88. The topological polar surface area (TPSA) is 58.6 Å². The number of anilines is 1. The summed E-state index contributed by atoms with van der Waals surface area (Å²) in [6.07, 6.45) is 1.37. The van der Waals surface area contributed by atoms with Crippen molar-refractivity contribution in [3.63, 3.8) is 0 Å². The Hall–Kier alpha value is -2.49. The third-order valence-corrected chi connectivity index (χ3v) is 3.67. The van der Waals surface area contributed by atoms with Crippen LogP contribution in [0.4, 0.5) is 5.69 Å². The van der Waals surface area contributed by atoms with Crippen LogP contribution >= 0.6 is 0 Å². The highest BCUT2D eigenvalue weighted by molar-refractivity contribution is 5.78. The van der Waals surface area contributed by atoms with Gasteiger partial charge in [-0.2, -0.15) is 0 Å². The molecule has 0 bridgehead atoms. The van der Waals surface area contributed by atoms with Crippen molar-refractivity contribution in [2.45, 2.75) is 39.7 Å². The van der Waals surface area contributed by atoms with E-state index in [0.29, 0.717) is 23.6 Å². The molecule has 128 valence electrons. The second-order valence-electron chi connectivity index (χ2n) is 7.05. The zero-order valence-corrected chi connectivity index (χ0v) is 14.5. The molecule has 0 radical (unpaired) electrons. The van der Waals surface area contributed by atoms with Crippen LogP contribution in [0.15, 0.2) is 54.6 Å². The number of aliphatic carboxylic acids is 1. The lowest BCUT2D eigenvalue weighted by molar-refractivity contribution is -0.138. The maximum absolute atomic E-state index is 11.6. The van der Waals surface area contributed by atoms with Gasteiger partial charge in [0.2, 0.25) is 0 Å². The van der Waals surface area contributed by atoms with Crippen LogP contribution in [0.5, 0.6) is 11.5 Å². The summed E-state index contributed by atoms with van der Waals surface area (Å²) >= 11 is 0. The summed E-state index contributed by atoms with van der Waals surface area (Å²) in [6.45, 7) is 6.33. The molecule has 1 atom stereocenters. The number of ether oxygens (including phenoxy) is 1. The van der Waals surface area contributed by atoms with Gasteiger partial charge in [0.25, 0.3) is 0 Å². The minimum absolute atomic E-state index is 0.0927. The quantitative estimate of drug-likeness (QED) is 0.736. The molecule has 4 nitrogen and oxygen atoms in total. The summed E-state index contributed by atoms with van der Waals surface area (Å²) in [6, 6.07) is 16.2. The number of carboxylic acids is 1. The van der Waals surface area contributed by atoms with Gasteiger partial charge in [0, 0.05) is 0 Å². The SMILES string of the molecule is CC(C)(C)CC[C@H](Nc1ccccc1Oc1ccccc1)C(=O)O. The van der Waals surface area contributed by atoms with Crippen molar-refractivity contribution in [1.82, 2.24) is 0 Å². The number of nitrogens with one attached hydrogen (secondary N) is 1. The van der Waals surface area contributed by atoms with Crippen LogP contribution in [0.1, 0.15) is 33.6 Å². The first-order chi connectivity index (χ1) is 11.3. The van der Waals surface area contributed by atoms with Gasteiger partial charge in [0.15, 0.2) is 5.75 Å². The van der Waals surface area contributed by atoms with Crippen LogP contribution in [-0.4, -0.2) is 17.1 Å². The van der Waals surface area contributed by atoms with Gasteiger partial charge in [-0.1, -0.05) is 51.1 Å². The largest absolute Gasteiger partial charge is 0.480 e. The molecule has 2 aromatic rings. The number of rotatable bonds is 7. The Kier molecular flexibility index (Phi) is 5.85. The van der Waals surface area contributed by atoms with Gasteiger partial charge in [-0.25, -0.2) is 4.79 Å². The molecule has 2 aromatic carbocycles. The van der Waals surface area contributed by atoms with Gasteiger partial charge < -0.3 is 15.2 Å². The van der Waals surface area contributed by atoms with Crippen LogP contribution in [0.25, 0.3) is 0 Å². The van der Waals surface area contributed by atoms with E-state index in [1.807, 2.05) is 54.6 Å². The van der Waals surface area contributed by atoms with Crippen molar-refractivity contribution < 1.29 is 14.6 Å². The Bertz CT molecular complexity index is 662. The lowest BCUT2D eigenvalue weighted by Crippen LogP contribution is -2.30. The second kappa shape index (κ2) is 7.86. The molecular formula is C20H25NO3. The lowest BCUT2D eigenvalue weighted by atomic mass is 9.88. The number of carboxylic acid groups (broad SMARTS) is 1. The molecule has 0 amide bonds. The summed E-state index contributed by atoms with van der Waals surface area (Å²) in [4.78, 5) is 11.6. The summed E-state index contributed by atoms with van der Waals surface area (Å²) in [5.74, 6) is 0.479. The van der Waals surface area contributed by atoms with Crippen molar-refractivity contribution in [2.75, 3.05) is 5.32 Å². The van der Waals surface area contributed by atoms with E-state index in [4.69, 9.17) is 4.74 Å². The Morgan fingerprint density at radius 1 is 1.08 bits per heavy atom. The molecule has 24 heavy (non-hydrogen) atoms. The molecule has 0 aliphatic rings. The van der Waals surface area contributed by atoms with Crippen LogP contribution in [0.2, 0.25) is 0 Å². The minimum Gasteiger partial charge on any atom is -0.480 e. The zero-order valence-electron chi connectivity index (χ0n) is 14.5. The zero-order chi connectivity index (χ0) is 17.6. The fourth-order valence-corrected chi connectivity index (χ4v) is 2.31. The van der Waals surface area contributed by atoms with Crippen molar-refractivity contribution in [3.05, 3.63) is 54.6 Å². The Balaban J connectivity index is 2.14. The summed E-state index contributed by atoms with van der Waals surface area (Å²) in [5.41, 5.74) is 0.776. The van der Waals surface area contributed by atoms with Gasteiger partial charge in [0.05, 0.1) is 5.69 Å². The first-order valence-electron chi connectivity index (χ1n) is 8.16. The molecule has 0 spiro atoms. The predicted octanol–water partition coefficient (Wildman–Crippen LogP) is 5.17. The Labute approximate surface area is 143 Å². The molecule has 0 aliphatic carbocycles. The number of hydrogen-bond acceptors (Lipinski definition) is 3. The minimum atomic E-state index is -0.853. The first kappa shape index (κ1) is 17.9. The van der Waals surface area contributed by atoms with Crippen LogP contribution in [0.3, 0.4) is 0 Å². The van der Waals surface area contributed by atoms with Crippen LogP contribution in [0, 0.1) is 5.41 Å². The highest BCUT2D eigenvalue weighted by Gasteiger charge is 2.22. The third-order valence-electron chi connectivity index (χ3n) is 3.67. The average molecular weight is 327 g/mol. The van der Waals surface area contributed by atoms with Gasteiger partial charge >= 0.3 is 5.97 Å². The molecule has 0 aromatic heterocycles. The van der Waals surface area contributed by atoms with E-state index in [1.54, 1.807) is 0 Å². The molecule has 0 saturated carbocycles. The van der Waals surface area contributed by atoms with E-state index < -0.39 is 12.0 Å². The van der Waals surface area contributed by atoms with Crippen molar-refractivity contribution in [2.24, 2.45) is 5.41 Å². The lowest BCUT2D eigenvalue weighted by Gasteiger charge is -2.23. The monoisotopic (exact) mass is 327 g/mol. The molecule has 2 N–H and O–H groups in total. The molecule has 0 unspecified atom stereocenters. The smallest absolute Gasteiger partial charge is 0.326 e. The number of hydrogen-bond donors (Lipinski definition) is 2. The normalized spacial score (nSPS) is 12.5. The highest BCUT2D eigenvalue weighted by Crippen LogP contribution is 2.31. The van der Waals surface area contributed by atoms with E-state index in [9.17, 15) is 9.90 Å². The first-order valence-corrected chi connectivity index (χ1v) is 8.16. The van der Waals surface area contributed by atoms with Crippen molar-refractivity contribution in [1.29, 1.82) is 0 Å². The van der Waals surface area contributed by atoms with E-state index in [2.05, 4.69) is 26.1 Å².